The Balaban J connectivity index is 2.11. The zero-order chi connectivity index (χ0) is 9.03. The Labute approximate surface area is 75.4 Å². The van der Waals surface area contributed by atoms with Crippen molar-refractivity contribution in [3.63, 3.8) is 0 Å². The van der Waals surface area contributed by atoms with Gasteiger partial charge in [-0.25, -0.2) is 0 Å². The molecule has 12 heavy (non-hydrogen) atoms. The molecule has 0 aromatic rings. The first-order valence-electron chi connectivity index (χ1n) is 4.98. The average Bonchev–Trinajstić information content (AvgIpc) is 2.31. The molecule has 1 heterocycles. The Morgan fingerprint density at radius 2 is 2.17 bits per heavy atom. The molecule has 1 rings (SSSR count). The summed E-state index contributed by atoms with van der Waals surface area (Å²) >= 11 is 0. The third-order valence-corrected chi connectivity index (χ3v) is 2.63. The Morgan fingerprint density at radius 1 is 1.42 bits per heavy atom. The molecule has 0 saturated carbocycles. The molecule has 1 atom stereocenters. The van der Waals surface area contributed by atoms with E-state index in [1.165, 1.54) is 12.8 Å². The van der Waals surface area contributed by atoms with Crippen LogP contribution >= 0.6 is 0 Å². The van der Waals surface area contributed by atoms with Crippen LogP contribution in [-0.2, 0) is 0 Å². The van der Waals surface area contributed by atoms with Crippen LogP contribution in [-0.4, -0.2) is 24.3 Å². The fourth-order valence-electron chi connectivity index (χ4n) is 1.94. The van der Waals surface area contributed by atoms with E-state index in [0.717, 1.165) is 19.4 Å². The lowest BCUT2D eigenvalue weighted by Gasteiger charge is -2.15. The van der Waals surface area contributed by atoms with Gasteiger partial charge in [0.15, 0.2) is 0 Å². The number of hydrogen-bond donors (Lipinski definition) is 2. The van der Waals surface area contributed by atoms with Crippen molar-refractivity contribution in [1.82, 2.24) is 5.32 Å². The van der Waals surface area contributed by atoms with E-state index in [1.54, 1.807) is 0 Å². The Morgan fingerprint density at radius 3 is 2.67 bits per heavy atom. The highest BCUT2D eigenvalue weighted by atomic mass is 16.2. The summed E-state index contributed by atoms with van der Waals surface area (Å²) in [6.07, 6.45) is 4.63. The highest BCUT2D eigenvalue weighted by molar-refractivity contribution is 4.87. The quantitative estimate of drug-likeness (QED) is 0.629. The fraction of sp³-hybridized carbons (Fsp3) is 1.00. The van der Waals surface area contributed by atoms with Crippen LogP contribution in [0.25, 0.3) is 0 Å². The van der Waals surface area contributed by atoms with Gasteiger partial charge in [0.2, 0.25) is 0 Å². The molecule has 2 heteroatoms. The monoisotopic (exact) mass is 171 g/mol. The maximum atomic E-state index is 8.62. The van der Waals surface area contributed by atoms with Crippen molar-refractivity contribution in [2.45, 2.75) is 45.6 Å². The van der Waals surface area contributed by atoms with Gasteiger partial charge in [-0.15, -0.1) is 0 Å². The zero-order valence-corrected chi connectivity index (χ0v) is 8.27. The molecule has 0 aromatic carbocycles. The minimum atomic E-state index is 0.343. The normalized spacial score (nSPS) is 27.8. The predicted octanol–water partition coefficient (Wildman–Crippen LogP) is 1.54. The smallest absolute Gasteiger partial charge is 0.0431 e. The van der Waals surface area contributed by atoms with E-state index in [9.17, 15) is 0 Å². The van der Waals surface area contributed by atoms with Gasteiger partial charge in [0, 0.05) is 19.2 Å². The average molecular weight is 171 g/mol. The van der Waals surface area contributed by atoms with E-state index in [2.05, 4.69) is 19.2 Å². The Bertz CT molecular complexity index is 134. The van der Waals surface area contributed by atoms with Crippen molar-refractivity contribution in [2.75, 3.05) is 13.2 Å². The van der Waals surface area contributed by atoms with Gasteiger partial charge >= 0.3 is 0 Å². The molecule has 2 nitrogen and oxygen atoms in total. The van der Waals surface area contributed by atoms with E-state index in [1.807, 2.05) is 0 Å². The number of nitrogens with one attached hydrogen (secondary N) is 1. The first-order valence-corrected chi connectivity index (χ1v) is 4.98. The van der Waals surface area contributed by atoms with Crippen LogP contribution in [0.15, 0.2) is 0 Å². The molecule has 72 valence electrons. The molecular weight excluding hydrogens is 150 g/mol. The minimum Gasteiger partial charge on any atom is -0.396 e. The standard InChI is InChI=1S/C10H21NO/c1-10(2)7-9(11-8-10)5-3-4-6-12/h9,11-12H,3-8H2,1-2H3/t9-/m0/s1. The molecule has 1 fully saturated rings. The second-order valence-electron chi connectivity index (χ2n) is 4.67. The lowest BCUT2D eigenvalue weighted by atomic mass is 9.89. The summed E-state index contributed by atoms with van der Waals surface area (Å²) in [6.45, 7) is 6.12. The molecule has 0 bridgehead atoms. The first-order chi connectivity index (χ1) is 5.64. The maximum absolute atomic E-state index is 8.62. The molecule has 0 spiro atoms. The summed E-state index contributed by atoms with van der Waals surface area (Å²) in [5.74, 6) is 0. The highest BCUT2D eigenvalue weighted by Gasteiger charge is 2.29. The number of rotatable bonds is 4. The van der Waals surface area contributed by atoms with E-state index < -0.39 is 0 Å². The van der Waals surface area contributed by atoms with Gasteiger partial charge in [-0.3, -0.25) is 0 Å². The summed E-state index contributed by atoms with van der Waals surface area (Å²) < 4.78 is 0. The maximum Gasteiger partial charge on any atom is 0.0431 e. The minimum absolute atomic E-state index is 0.343. The van der Waals surface area contributed by atoms with E-state index in [-0.39, 0.29) is 0 Å². The van der Waals surface area contributed by atoms with Crippen LogP contribution in [0.1, 0.15) is 39.5 Å². The number of unbranched alkanes of at least 4 members (excludes halogenated alkanes) is 1. The molecule has 2 N–H and O–H groups in total. The third-order valence-electron chi connectivity index (χ3n) is 2.63. The SMILES string of the molecule is CC1(C)CN[C@@H](CCCCO)C1. The predicted molar refractivity (Wildman–Crippen MR) is 51.1 cm³/mol. The molecule has 0 amide bonds. The Hall–Kier alpha value is -0.0800. The number of hydrogen-bond acceptors (Lipinski definition) is 2. The van der Waals surface area contributed by atoms with Gasteiger partial charge in [0.25, 0.3) is 0 Å². The lowest BCUT2D eigenvalue weighted by molar-refractivity contribution is 0.279. The molecule has 0 aromatic heterocycles. The van der Waals surface area contributed by atoms with Gasteiger partial charge < -0.3 is 10.4 Å². The second-order valence-corrected chi connectivity index (χ2v) is 4.67. The summed E-state index contributed by atoms with van der Waals surface area (Å²) in [5.41, 5.74) is 0.490. The van der Waals surface area contributed by atoms with Gasteiger partial charge in [-0.05, 0) is 31.1 Å². The number of aliphatic hydroxyl groups is 1. The fourth-order valence-corrected chi connectivity index (χ4v) is 1.94. The lowest BCUT2D eigenvalue weighted by Crippen LogP contribution is -2.21. The summed E-state index contributed by atoms with van der Waals surface area (Å²) in [5, 5.41) is 12.1. The van der Waals surface area contributed by atoms with Crippen molar-refractivity contribution in [2.24, 2.45) is 5.41 Å². The summed E-state index contributed by atoms with van der Waals surface area (Å²) in [6, 6.07) is 0.701. The van der Waals surface area contributed by atoms with E-state index in [0.29, 0.717) is 18.1 Å². The molecular formula is C10H21NO. The van der Waals surface area contributed by atoms with E-state index >= 15 is 0 Å². The van der Waals surface area contributed by atoms with Crippen molar-refractivity contribution in [3.8, 4) is 0 Å². The van der Waals surface area contributed by atoms with Crippen LogP contribution in [0.2, 0.25) is 0 Å². The van der Waals surface area contributed by atoms with Gasteiger partial charge in [-0.2, -0.15) is 0 Å². The number of aliphatic hydroxyl groups excluding tert-OH is 1. The largest absolute Gasteiger partial charge is 0.396 e. The molecule has 0 radical (unpaired) electrons. The van der Waals surface area contributed by atoms with Gasteiger partial charge in [0.05, 0.1) is 0 Å². The molecule has 0 aliphatic carbocycles. The van der Waals surface area contributed by atoms with Crippen molar-refractivity contribution in [3.05, 3.63) is 0 Å². The van der Waals surface area contributed by atoms with Gasteiger partial charge in [0.1, 0.15) is 0 Å². The van der Waals surface area contributed by atoms with Crippen LogP contribution in [0, 0.1) is 5.41 Å². The molecule has 1 aliphatic rings. The second kappa shape index (κ2) is 4.24. The van der Waals surface area contributed by atoms with Crippen molar-refractivity contribution < 1.29 is 5.11 Å². The molecule has 1 saturated heterocycles. The Kier molecular flexibility index (Phi) is 3.53. The molecule has 0 unspecified atom stereocenters. The van der Waals surface area contributed by atoms with Crippen LogP contribution in [0.4, 0.5) is 0 Å². The summed E-state index contributed by atoms with van der Waals surface area (Å²) in [7, 11) is 0. The summed E-state index contributed by atoms with van der Waals surface area (Å²) in [4.78, 5) is 0. The highest BCUT2D eigenvalue weighted by Crippen LogP contribution is 2.28. The van der Waals surface area contributed by atoms with Gasteiger partial charge in [-0.1, -0.05) is 13.8 Å². The molecule has 1 aliphatic heterocycles. The van der Waals surface area contributed by atoms with Crippen LogP contribution in [0.5, 0.6) is 0 Å². The zero-order valence-electron chi connectivity index (χ0n) is 8.27. The van der Waals surface area contributed by atoms with Crippen molar-refractivity contribution in [1.29, 1.82) is 0 Å². The third kappa shape index (κ3) is 3.11. The topological polar surface area (TPSA) is 32.3 Å². The van der Waals surface area contributed by atoms with Crippen LogP contribution in [0.3, 0.4) is 0 Å². The van der Waals surface area contributed by atoms with Crippen LogP contribution < -0.4 is 5.32 Å². The first kappa shape index (κ1) is 10.0. The van der Waals surface area contributed by atoms with E-state index in [4.69, 9.17) is 5.11 Å². The van der Waals surface area contributed by atoms with Crippen molar-refractivity contribution >= 4 is 0 Å².